The van der Waals surface area contributed by atoms with Crippen molar-refractivity contribution in [3.63, 3.8) is 0 Å². The molecule has 0 fully saturated rings. The smallest absolute Gasteiger partial charge is 0.339 e. The summed E-state index contributed by atoms with van der Waals surface area (Å²) >= 11 is 0. The van der Waals surface area contributed by atoms with Gasteiger partial charge in [-0.3, -0.25) is 9.59 Å². The van der Waals surface area contributed by atoms with Crippen LogP contribution in [0.2, 0.25) is 0 Å². The van der Waals surface area contributed by atoms with Gasteiger partial charge in [0.2, 0.25) is 11.7 Å². The number of hydrogen-bond acceptors (Lipinski definition) is 8. The first kappa shape index (κ1) is 32.2. The molecule has 0 aliphatic carbocycles. The lowest BCUT2D eigenvalue weighted by Gasteiger charge is -2.21. The van der Waals surface area contributed by atoms with E-state index >= 15 is 0 Å². The zero-order valence-electron chi connectivity index (χ0n) is 24.0. The van der Waals surface area contributed by atoms with E-state index in [0.29, 0.717) is 17.9 Å². The largest absolute Gasteiger partial charge is 0.502 e. The number of ether oxygens (including phenoxy) is 4. The van der Waals surface area contributed by atoms with Gasteiger partial charge < -0.3 is 34.3 Å². The van der Waals surface area contributed by atoms with Crippen molar-refractivity contribution in [1.29, 1.82) is 0 Å². The van der Waals surface area contributed by atoms with Gasteiger partial charge in [0.1, 0.15) is 6.61 Å². The zero-order chi connectivity index (χ0) is 29.5. The molecule has 0 unspecified atom stereocenters. The predicted molar refractivity (Wildman–Crippen MR) is 154 cm³/mol. The molecule has 0 bridgehead atoms. The number of hydrogen-bond donors (Lipinski definition) is 2. The number of anilines is 2. The molecule has 0 aliphatic heterocycles. The minimum absolute atomic E-state index is 0.134. The molecule has 10 nitrogen and oxygen atoms in total. The first-order valence-electron chi connectivity index (χ1n) is 13.3. The maximum absolute atomic E-state index is 12.8. The highest BCUT2D eigenvalue weighted by Crippen LogP contribution is 2.37. The number of phenols is 1. The van der Waals surface area contributed by atoms with Crippen molar-refractivity contribution in [2.45, 2.75) is 45.4 Å². The highest BCUT2D eigenvalue weighted by molar-refractivity contribution is 6.06. The monoisotopic (exact) mass is 556 g/mol. The molecule has 0 radical (unpaired) electrons. The van der Waals surface area contributed by atoms with Crippen molar-refractivity contribution in [2.75, 3.05) is 51.8 Å². The first-order chi connectivity index (χ1) is 19.2. The fraction of sp³-hybridized carbons (Fsp3) is 0.433. The standard InChI is InChI=1S/C30H40N2O8/c1-6-7-8-9-10-11-16-40-20-28(34)32(2)24-19-22(13-14-23(24)30(36)39-5)31-27(33)15-12-21-17-25(37-3)29(35)26(18-21)38-4/h12-15,17-19,35H,6-11,16,20H2,1-5H3,(H,31,33)/b15-12+. The summed E-state index contributed by atoms with van der Waals surface area (Å²) in [7, 11) is 5.61. The Morgan fingerprint density at radius 1 is 0.950 bits per heavy atom. The lowest BCUT2D eigenvalue weighted by atomic mass is 10.1. The molecule has 0 aromatic heterocycles. The summed E-state index contributed by atoms with van der Waals surface area (Å²) in [6.45, 7) is 2.52. The molecule has 0 saturated heterocycles. The van der Waals surface area contributed by atoms with Crippen LogP contribution in [-0.4, -0.2) is 64.5 Å². The Balaban J connectivity index is 2.09. The number of aromatic hydroxyl groups is 1. The summed E-state index contributed by atoms with van der Waals surface area (Å²) in [5.74, 6) is -1.15. The van der Waals surface area contributed by atoms with E-state index in [1.54, 1.807) is 18.2 Å². The first-order valence-corrected chi connectivity index (χ1v) is 13.3. The average molecular weight is 557 g/mol. The lowest BCUT2D eigenvalue weighted by molar-refractivity contribution is -0.122. The number of nitrogens with one attached hydrogen (secondary N) is 1. The third-order valence-corrected chi connectivity index (χ3v) is 6.20. The normalized spacial score (nSPS) is 10.8. The van der Waals surface area contributed by atoms with Gasteiger partial charge in [0.25, 0.3) is 5.91 Å². The lowest BCUT2D eigenvalue weighted by Crippen LogP contribution is -2.31. The van der Waals surface area contributed by atoms with E-state index in [-0.39, 0.29) is 41.0 Å². The van der Waals surface area contributed by atoms with E-state index < -0.39 is 11.9 Å². The third kappa shape index (κ3) is 9.60. The number of benzene rings is 2. The van der Waals surface area contributed by atoms with Gasteiger partial charge in [-0.2, -0.15) is 0 Å². The third-order valence-electron chi connectivity index (χ3n) is 6.20. The number of unbranched alkanes of at least 4 members (excludes halogenated alkanes) is 5. The molecule has 0 aliphatic rings. The molecule has 0 heterocycles. The van der Waals surface area contributed by atoms with Crippen molar-refractivity contribution < 1.29 is 38.4 Å². The Kier molecular flexibility index (Phi) is 13.5. The molecule has 0 atom stereocenters. The van der Waals surface area contributed by atoms with E-state index in [9.17, 15) is 19.5 Å². The number of amides is 2. The number of carbonyl (C=O) groups excluding carboxylic acids is 3. The summed E-state index contributed by atoms with van der Waals surface area (Å²) in [5.41, 5.74) is 1.38. The second kappa shape index (κ2) is 16.8. The van der Waals surface area contributed by atoms with E-state index in [0.717, 1.165) is 19.3 Å². The number of phenolic OH excluding ortho intramolecular Hbond substituents is 1. The fourth-order valence-electron chi connectivity index (χ4n) is 3.91. The van der Waals surface area contributed by atoms with Crippen LogP contribution in [0.25, 0.3) is 6.08 Å². The fourth-order valence-corrected chi connectivity index (χ4v) is 3.91. The van der Waals surface area contributed by atoms with Crippen LogP contribution in [0, 0.1) is 0 Å². The van der Waals surface area contributed by atoms with Crippen LogP contribution in [0.1, 0.15) is 61.4 Å². The quantitative estimate of drug-likeness (QED) is 0.165. The average Bonchev–Trinajstić information content (AvgIpc) is 2.96. The molecule has 10 heteroatoms. The summed E-state index contributed by atoms with van der Waals surface area (Å²) in [4.78, 5) is 39.1. The molecule has 40 heavy (non-hydrogen) atoms. The van der Waals surface area contributed by atoms with Crippen LogP contribution in [0.5, 0.6) is 17.2 Å². The Morgan fingerprint density at radius 3 is 2.23 bits per heavy atom. The van der Waals surface area contributed by atoms with Crippen LogP contribution in [-0.2, 0) is 19.1 Å². The Labute approximate surface area is 235 Å². The molecule has 218 valence electrons. The number of carbonyl (C=O) groups is 3. The second-order valence-electron chi connectivity index (χ2n) is 9.09. The van der Waals surface area contributed by atoms with Gasteiger partial charge in [0, 0.05) is 25.4 Å². The van der Waals surface area contributed by atoms with Crippen LogP contribution in [0.4, 0.5) is 11.4 Å². The Bertz CT molecular complexity index is 1150. The topological polar surface area (TPSA) is 124 Å². The highest BCUT2D eigenvalue weighted by Gasteiger charge is 2.20. The maximum Gasteiger partial charge on any atom is 0.339 e. The summed E-state index contributed by atoms with van der Waals surface area (Å²) in [5, 5.41) is 12.8. The zero-order valence-corrected chi connectivity index (χ0v) is 24.0. The maximum atomic E-state index is 12.8. The van der Waals surface area contributed by atoms with E-state index in [1.807, 2.05) is 0 Å². The summed E-state index contributed by atoms with van der Waals surface area (Å²) < 4.78 is 20.7. The molecular formula is C30H40N2O8. The number of rotatable bonds is 16. The van der Waals surface area contributed by atoms with Crippen molar-refractivity contribution in [3.05, 3.63) is 47.5 Å². The van der Waals surface area contributed by atoms with Gasteiger partial charge >= 0.3 is 5.97 Å². The molecule has 2 amide bonds. The summed E-state index contributed by atoms with van der Waals surface area (Å²) in [6.07, 6.45) is 9.54. The number of likely N-dealkylation sites (N-methyl/N-ethyl adjacent to an activating group) is 1. The highest BCUT2D eigenvalue weighted by atomic mass is 16.5. The van der Waals surface area contributed by atoms with Crippen molar-refractivity contribution in [2.24, 2.45) is 0 Å². The van der Waals surface area contributed by atoms with Crippen LogP contribution in [0.3, 0.4) is 0 Å². The number of methoxy groups -OCH3 is 3. The van der Waals surface area contributed by atoms with Gasteiger partial charge in [0.15, 0.2) is 11.5 Å². The minimum atomic E-state index is -0.615. The molecule has 2 rings (SSSR count). The van der Waals surface area contributed by atoms with E-state index in [1.165, 1.54) is 76.8 Å². The van der Waals surface area contributed by atoms with Crippen LogP contribution < -0.4 is 19.7 Å². The molecule has 2 N–H and O–H groups in total. The predicted octanol–water partition coefficient (Wildman–Crippen LogP) is 5.19. The number of nitrogens with zero attached hydrogens (tertiary/aromatic N) is 1. The Morgan fingerprint density at radius 2 is 1.60 bits per heavy atom. The molecule has 0 spiro atoms. The van der Waals surface area contributed by atoms with Crippen molar-refractivity contribution in [1.82, 2.24) is 0 Å². The second-order valence-corrected chi connectivity index (χ2v) is 9.09. The van der Waals surface area contributed by atoms with Gasteiger partial charge in [0.05, 0.1) is 32.6 Å². The van der Waals surface area contributed by atoms with Gasteiger partial charge in [-0.05, 0) is 48.4 Å². The molecule has 2 aromatic carbocycles. The van der Waals surface area contributed by atoms with Gasteiger partial charge in [-0.15, -0.1) is 0 Å². The van der Waals surface area contributed by atoms with Gasteiger partial charge in [-0.1, -0.05) is 39.0 Å². The Hall–Kier alpha value is -4.05. The van der Waals surface area contributed by atoms with Crippen molar-refractivity contribution >= 4 is 35.2 Å². The van der Waals surface area contributed by atoms with Crippen molar-refractivity contribution in [3.8, 4) is 17.2 Å². The van der Waals surface area contributed by atoms with Gasteiger partial charge in [-0.25, -0.2) is 4.79 Å². The molecule has 2 aromatic rings. The SMILES string of the molecule is CCCCCCCCOCC(=O)N(C)c1cc(NC(=O)/C=C/c2cc(OC)c(O)c(OC)c2)ccc1C(=O)OC. The number of esters is 1. The van der Waals surface area contributed by atoms with E-state index in [4.69, 9.17) is 18.9 Å². The van der Waals surface area contributed by atoms with E-state index in [2.05, 4.69) is 12.2 Å². The molecular weight excluding hydrogens is 516 g/mol. The minimum Gasteiger partial charge on any atom is -0.502 e. The molecule has 0 saturated carbocycles. The summed E-state index contributed by atoms with van der Waals surface area (Å²) in [6, 6.07) is 7.66. The van der Waals surface area contributed by atoms with Crippen LogP contribution in [0.15, 0.2) is 36.4 Å². The van der Waals surface area contributed by atoms with Crippen LogP contribution >= 0.6 is 0 Å².